The molecule has 0 unspecified atom stereocenters. The summed E-state index contributed by atoms with van der Waals surface area (Å²) in [6.07, 6.45) is 2.99. The highest BCUT2D eigenvalue weighted by molar-refractivity contribution is 6.30. The number of halogens is 1. The zero-order chi connectivity index (χ0) is 18.5. The third-order valence-electron chi connectivity index (χ3n) is 3.87. The molecule has 0 aliphatic rings. The molecule has 0 saturated heterocycles. The normalized spacial score (nSPS) is 10.4. The minimum atomic E-state index is -0.256. The zero-order valence-electron chi connectivity index (χ0n) is 14.6. The highest BCUT2D eigenvalue weighted by atomic mass is 35.5. The number of benzene rings is 2. The van der Waals surface area contributed by atoms with Crippen molar-refractivity contribution in [2.45, 2.75) is 20.4 Å². The topological polar surface area (TPSA) is 66.9 Å². The molecule has 3 rings (SSSR count). The van der Waals surface area contributed by atoms with Gasteiger partial charge in [0.25, 0.3) is 5.91 Å². The van der Waals surface area contributed by atoms with Gasteiger partial charge in [0, 0.05) is 17.3 Å². The van der Waals surface area contributed by atoms with E-state index in [9.17, 15) is 4.79 Å². The van der Waals surface area contributed by atoms with E-state index in [1.165, 1.54) is 12.4 Å². The Kier molecular flexibility index (Phi) is 5.49. The van der Waals surface area contributed by atoms with Crippen molar-refractivity contribution in [3.63, 3.8) is 0 Å². The average molecular weight is 367 g/mol. The van der Waals surface area contributed by atoms with Crippen LogP contribution in [0.5, 0.6) is 0 Å². The van der Waals surface area contributed by atoms with Gasteiger partial charge >= 0.3 is 0 Å². The van der Waals surface area contributed by atoms with E-state index in [1.54, 1.807) is 6.07 Å². The number of hydrogen-bond donors (Lipinski definition) is 2. The molecule has 0 spiro atoms. The van der Waals surface area contributed by atoms with Crippen molar-refractivity contribution >= 4 is 29.0 Å². The van der Waals surface area contributed by atoms with Crippen LogP contribution in [0.3, 0.4) is 0 Å². The molecule has 1 heterocycles. The second-order valence-corrected chi connectivity index (χ2v) is 6.48. The zero-order valence-corrected chi connectivity index (χ0v) is 15.3. The lowest BCUT2D eigenvalue weighted by Gasteiger charge is -2.09. The number of amides is 1. The molecule has 26 heavy (non-hydrogen) atoms. The first-order chi connectivity index (χ1) is 12.5. The number of carbonyl (C=O) groups excluding carboxylic acids is 1. The molecule has 0 saturated carbocycles. The van der Waals surface area contributed by atoms with Gasteiger partial charge in [-0.05, 0) is 43.2 Å². The van der Waals surface area contributed by atoms with Crippen LogP contribution in [0.25, 0.3) is 0 Å². The summed E-state index contributed by atoms with van der Waals surface area (Å²) in [5.41, 5.74) is 4.36. The molecular formula is C20H19ClN4O. The van der Waals surface area contributed by atoms with Crippen LogP contribution in [-0.2, 0) is 6.54 Å². The fourth-order valence-electron chi connectivity index (χ4n) is 2.51. The fourth-order valence-corrected chi connectivity index (χ4v) is 2.74. The molecule has 0 fully saturated rings. The fraction of sp³-hybridized carbons (Fsp3) is 0.150. The molecule has 2 aromatic carbocycles. The summed E-state index contributed by atoms with van der Waals surface area (Å²) >= 11 is 5.96. The number of rotatable bonds is 5. The molecule has 5 nitrogen and oxygen atoms in total. The van der Waals surface area contributed by atoms with E-state index >= 15 is 0 Å². The summed E-state index contributed by atoms with van der Waals surface area (Å²) in [4.78, 5) is 20.7. The van der Waals surface area contributed by atoms with Crippen LogP contribution in [0, 0.1) is 13.8 Å². The maximum absolute atomic E-state index is 12.2. The van der Waals surface area contributed by atoms with Crippen molar-refractivity contribution in [2.24, 2.45) is 0 Å². The predicted molar refractivity (Wildman–Crippen MR) is 104 cm³/mol. The molecule has 6 heteroatoms. The molecule has 0 aliphatic carbocycles. The Morgan fingerprint density at radius 3 is 2.62 bits per heavy atom. The molecule has 1 amide bonds. The number of aromatic nitrogens is 2. The third-order valence-corrected chi connectivity index (χ3v) is 4.11. The van der Waals surface area contributed by atoms with Crippen LogP contribution in [0.15, 0.2) is 54.9 Å². The largest absolute Gasteiger partial charge is 0.347 e. The summed E-state index contributed by atoms with van der Waals surface area (Å²) in [5.74, 6) is 0.305. The van der Waals surface area contributed by atoms with Gasteiger partial charge in [0.05, 0.1) is 12.4 Å². The number of anilines is 2. The van der Waals surface area contributed by atoms with Gasteiger partial charge in [0.15, 0.2) is 0 Å². The molecule has 1 aromatic heterocycles. The first-order valence-corrected chi connectivity index (χ1v) is 8.58. The van der Waals surface area contributed by atoms with E-state index < -0.39 is 0 Å². The van der Waals surface area contributed by atoms with Crippen LogP contribution >= 0.6 is 11.6 Å². The van der Waals surface area contributed by atoms with Crippen LogP contribution in [0.2, 0.25) is 5.02 Å². The summed E-state index contributed by atoms with van der Waals surface area (Å²) in [7, 11) is 0. The first kappa shape index (κ1) is 17.9. The van der Waals surface area contributed by atoms with Crippen molar-refractivity contribution in [1.29, 1.82) is 0 Å². The van der Waals surface area contributed by atoms with Crippen molar-refractivity contribution < 1.29 is 4.79 Å². The summed E-state index contributed by atoms with van der Waals surface area (Å²) in [5, 5.41) is 6.70. The van der Waals surface area contributed by atoms with Gasteiger partial charge in [0.2, 0.25) is 0 Å². The SMILES string of the molecule is Cc1cccc(CNC(=O)c2cnc(Nc3ccc(Cl)cc3C)cn2)c1. The Morgan fingerprint density at radius 2 is 1.92 bits per heavy atom. The monoisotopic (exact) mass is 366 g/mol. The maximum Gasteiger partial charge on any atom is 0.271 e. The minimum absolute atomic E-state index is 0.256. The van der Waals surface area contributed by atoms with Gasteiger partial charge in [-0.25, -0.2) is 9.97 Å². The predicted octanol–water partition coefficient (Wildman–Crippen LogP) is 4.42. The third kappa shape index (κ3) is 4.58. The second-order valence-electron chi connectivity index (χ2n) is 6.04. The van der Waals surface area contributed by atoms with Crippen LogP contribution in [0.1, 0.15) is 27.2 Å². The standard InChI is InChI=1S/C20H19ClN4O/c1-13-4-3-5-15(8-13)10-24-20(26)18-11-23-19(12-22-18)25-17-7-6-16(21)9-14(17)2/h3-9,11-12H,10H2,1-2H3,(H,23,25)(H,24,26). The molecule has 0 bridgehead atoms. The first-order valence-electron chi connectivity index (χ1n) is 8.20. The molecule has 132 valence electrons. The Balaban J connectivity index is 1.62. The van der Waals surface area contributed by atoms with E-state index in [1.807, 2.05) is 50.2 Å². The van der Waals surface area contributed by atoms with E-state index in [0.29, 0.717) is 17.4 Å². The number of nitrogens with zero attached hydrogens (tertiary/aromatic N) is 2. The number of hydrogen-bond acceptors (Lipinski definition) is 4. The molecular weight excluding hydrogens is 348 g/mol. The van der Waals surface area contributed by atoms with Gasteiger partial charge in [-0.15, -0.1) is 0 Å². The Bertz CT molecular complexity index is 925. The van der Waals surface area contributed by atoms with Gasteiger partial charge in [-0.3, -0.25) is 4.79 Å². The number of aryl methyl sites for hydroxylation is 2. The van der Waals surface area contributed by atoms with Crippen molar-refractivity contribution in [2.75, 3.05) is 5.32 Å². The quantitative estimate of drug-likeness (QED) is 0.701. The Labute approximate surface area is 157 Å². The lowest BCUT2D eigenvalue weighted by atomic mass is 10.1. The highest BCUT2D eigenvalue weighted by Gasteiger charge is 2.08. The highest BCUT2D eigenvalue weighted by Crippen LogP contribution is 2.22. The lowest BCUT2D eigenvalue weighted by molar-refractivity contribution is 0.0945. The molecule has 3 aromatic rings. The molecule has 0 radical (unpaired) electrons. The minimum Gasteiger partial charge on any atom is -0.347 e. The van der Waals surface area contributed by atoms with E-state index in [0.717, 1.165) is 22.4 Å². The molecule has 0 aliphatic heterocycles. The second kappa shape index (κ2) is 7.97. The van der Waals surface area contributed by atoms with Crippen LogP contribution < -0.4 is 10.6 Å². The average Bonchev–Trinajstić information content (AvgIpc) is 2.63. The number of carbonyl (C=O) groups is 1. The van der Waals surface area contributed by atoms with Crippen molar-refractivity contribution in [3.05, 3.63) is 82.3 Å². The Morgan fingerprint density at radius 1 is 1.08 bits per heavy atom. The van der Waals surface area contributed by atoms with E-state index in [4.69, 9.17) is 11.6 Å². The molecule has 0 atom stereocenters. The summed E-state index contributed by atoms with van der Waals surface area (Å²) < 4.78 is 0. The summed E-state index contributed by atoms with van der Waals surface area (Å²) in [6, 6.07) is 13.5. The maximum atomic E-state index is 12.2. The van der Waals surface area contributed by atoms with Gasteiger partial charge < -0.3 is 10.6 Å². The van der Waals surface area contributed by atoms with Gasteiger partial charge in [-0.1, -0.05) is 41.4 Å². The number of nitrogens with one attached hydrogen (secondary N) is 2. The lowest BCUT2D eigenvalue weighted by Crippen LogP contribution is -2.24. The van der Waals surface area contributed by atoms with Crippen LogP contribution in [-0.4, -0.2) is 15.9 Å². The smallest absolute Gasteiger partial charge is 0.271 e. The van der Waals surface area contributed by atoms with Gasteiger partial charge in [-0.2, -0.15) is 0 Å². The van der Waals surface area contributed by atoms with E-state index in [-0.39, 0.29) is 11.6 Å². The van der Waals surface area contributed by atoms with Crippen molar-refractivity contribution in [1.82, 2.24) is 15.3 Å². The van der Waals surface area contributed by atoms with Crippen molar-refractivity contribution in [3.8, 4) is 0 Å². The van der Waals surface area contributed by atoms with E-state index in [2.05, 4.69) is 20.6 Å². The van der Waals surface area contributed by atoms with Crippen LogP contribution in [0.4, 0.5) is 11.5 Å². The summed E-state index contributed by atoms with van der Waals surface area (Å²) in [6.45, 7) is 4.42. The Hall–Kier alpha value is -2.92. The van der Waals surface area contributed by atoms with Gasteiger partial charge in [0.1, 0.15) is 11.5 Å². The molecule has 2 N–H and O–H groups in total.